The highest BCUT2D eigenvalue weighted by atomic mass is 19.4. The van der Waals surface area contributed by atoms with Gasteiger partial charge in [-0.1, -0.05) is 0 Å². The zero-order valence-corrected chi connectivity index (χ0v) is 10.5. The Hall–Kier alpha value is -1.84. The summed E-state index contributed by atoms with van der Waals surface area (Å²) in [6, 6.07) is 0. The van der Waals surface area contributed by atoms with E-state index in [2.05, 4.69) is 5.32 Å². The number of nitrogens with zero attached hydrogens (tertiary/aromatic N) is 1. The van der Waals surface area contributed by atoms with Crippen LogP contribution < -0.4 is 11.1 Å². The van der Waals surface area contributed by atoms with Crippen LogP contribution >= 0.6 is 0 Å². The number of alkyl halides is 3. The molecule has 0 aliphatic heterocycles. The molecule has 0 aliphatic rings. The summed E-state index contributed by atoms with van der Waals surface area (Å²) in [5.41, 5.74) is 4.88. The lowest BCUT2D eigenvalue weighted by Gasteiger charge is -2.08. The molecular formula is C9H16F3N3O4. The number of likely N-dealkylation sites (N-methyl/N-ethyl adjacent to an activating group) is 1. The van der Waals surface area contributed by atoms with Gasteiger partial charge in [-0.05, 0) is 14.1 Å². The molecule has 0 aliphatic carbocycles. The van der Waals surface area contributed by atoms with Gasteiger partial charge in [0.15, 0.2) is 0 Å². The van der Waals surface area contributed by atoms with Crippen LogP contribution in [0.25, 0.3) is 0 Å². The van der Waals surface area contributed by atoms with Crippen LogP contribution in [-0.2, 0) is 14.4 Å². The summed E-state index contributed by atoms with van der Waals surface area (Å²) >= 11 is 0. The second kappa shape index (κ2) is 9.14. The number of carbonyl (C=O) groups is 3. The SMILES string of the molecule is CN(C)CC(=O)NCCC(N)=O.O=C(O)C(F)(F)F. The average molecular weight is 287 g/mol. The summed E-state index contributed by atoms with van der Waals surface area (Å²) in [5.74, 6) is -3.26. The molecule has 19 heavy (non-hydrogen) atoms. The molecular weight excluding hydrogens is 271 g/mol. The van der Waals surface area contributed by atoms with Gasteiger partial charge in [0.2, 0.25) is 11.8 Å². The Kier molecular flexibility index (Phi) is 9.38. The van der Waals surface area contributed by atoms with Crippen LogP contribution in [0.5, 0.6) is 0 Å². The largest absolute Gasteiger partial charge is 0.490 e. The molecule has 0 unspecified atom stereocenters. The Balaban J connectivity index is 0. The van der Waals surface area contributed by atoms with Crippen LogP contribution in [0, 0.1) is 0 Å². The normalized spacial score (nSPS) is 10.4. The highest BCUT2D eigenvalue weighted by Gasteiger charge is 2.38. The quantitative estimate of drug-likeness (QED) is 0.611. The number of carboxylic acids is 1. The van der Waals surface area contributed by atoms with E-state index in [1.807, 2.05) is 0 Å². The topological polar surface area (TPSA) is 113 Å². The second-order valence-corrected chi connectivity index (χ2v) is 3.61. The van der Waals surface area contributed by atoms with Gasteiger partial charge in [-0.15, -0.1) is 0 Å². The number of hydrogen-bond donors (Lipinski definition) is 3. The van der Waals surface area contributed by atoms with Gasteiger partial charge in [0, 0.05) is 13.0 Å². The molecule has 0 spiro atoms. The molecule has 112 valence electrons. The molecule has 0 aromatic rings. The zero-order chi connectivity index (χ0) is 15.6. The van der Waals surface area contributed by atoms with Crippen molar-refractivity contribution in [1.29, 1.82) is 0 Å². The first-order valence-electron chi connectivity index (χ1n) is 4.96. The molecule has 0 heterocycles. The Bertz CT molecular complexity index is 318. The Labute approximate surface area is 107 Å². The van der Waals surface area contributed by atoms with Crippen molar-refractivity contribution in [3.63, 3.8) is 0 Å². The monoisotopic (exact) mass is 287 g/mol. The number of hydrogen-bond acceptors (Lipinski definition) is 4. The molecule has 0 saturated heterocycles. The molecule has 0 fully saturated rings. The lowest BCUT2D eigenvalue weighted by Crippen LogP contribution is -2.35. The minimum absolute atomic E-state index is 0.0961. The lowest BCUT2D eigenvalue weighted by molar-refractivity contribution is -0.192. The lowest BCUT2D eigenvalue weighted by atomic mass is 10.4. The number of aliphatic carboxylic acids is 1. The number of nitrogens with two attached hydrogens (primary N) is 1. The van der Waals surface area contributed by atoms with E-state index in [4.69, 9.17) is 15.6 Å². The predicted molar refractivity (Wildman–Crippen MR) is 59.1 cm³/mol. The summed E-state index contributed by atoms with van der Waals surface area (Å²) in [5, 5.41) is 9.69. The van der Waals surface area contributed by atoms with Crippen molar-refractivity contribution >= 4 is 17.8 Å². The van der Waals surface area contributed by atoms with Crippen LogP contribution in [0.1, 0.15) is 6.42 Å². The molecule has 0 saturated carbocycles. The van der Waals surface area contributed by atoms with Gasteiger partial charge in [0.05, 0.1) is 6.54 Å². The van der Waals surface area contributed by atoms with E-state index in [0.717, 1.165) is 0 Å². The standard InChI is InChI=1S/C7H15N3O2.C2HF3O2/c1-10(2)5-7(12)9-4-3-6(8)11;3-2(4,5)1(6)7/h3-5H2,1-2H3,(H2,8,11)(H,9,12);(H,6,7). The smallest absolute Gasteiger partial charge is 0.475 e. The van der Waals surface area contributed by atoms with Gasteiger partial charge in [0.1, 0.15) is 0 Å². The number of carbonyl (C=O) groups excluding carboxylic acids is 2. The van der Waals surface area contributed by atoms with Crippen LogP contribution in [0.3, 0.4) is 0 Å². The van der Waals surface area contributed by atoms with Crippen molar-refractivity contribution in [2.45, 2.75) is 12.6 Å². The van der Waals surface area contributed by atoms with Crippen LogP contribution in [0.15, 0.2) is 0 Å². The van der Waals surface area contributed by atoms with E-state index in [0.29, 0.717) is 13.1 Å². The zero-order valence-electron chi connectivity index (χ0n) is 10.5. The summed E-state index contributed by atoms with van der Waals surface area (Å²) in [4.78, 5) is 31.8. The van der Waals surface area contributed by atoms with Crippen molar-refractivity contribution in [3.05, 3.63) is 0 Å². The van der Waals surface area contributed by atoms with Gasteiger partial charge in [0.25, 0.3) is 0 Å². The van der Waals surface area contributed by atoms with Gasteiger partial charge in [-0.3, -0.25) is 9.59 Å². The average Bonchev–Trinajstić information content (AvgIpc) is 2.14. The number of carboxylic acid groups (broad SMARTS) is 1. The third-order valence-corrected chi connectivity index (χ3v) is 1.40. The number of nitrogens with one attached hydrogen (secondary N) is 1. The van der Waals surface area contributed by atoms with Crippen LogP contribution in [-0.4, -0.2) is 61.2 Å². The first-order chi connectivity index (χ1) is 8.46. The van der Waals surface area contributed by atoms with E-state index < -0.39 is 18.1 Å². The van der Waals surface area contributed by atoms with E-state index in [1.165, 1.54) is 0 Å². The van der Waals surface area contributed by atoms with Gasteiger partial charge >= 0.3 is 12.1 Å². The number of halogens is 3. The van der Waals surface area contributed by atoms with Crippen molar-refractivity contribution in [2.24, 2.45) is 5.73 Å². The van der Waals surface area contributed by atoms with Crippen molar-refractivity contribution in [1.82, 2.24) is 10.2 Å². The molecule has 0 radical (unpaired) electrons. The maximum atomic E-state index is 10.9. The fraction of sp³-hybridized carbons (Fsp3) is 0.667. The van der Waals surface area contributed by atoms with Gasteiger partial charge in [-0.2, -0.15) is 13.2 Å². The van der Waals surface area contributed by atoms with Crippen molar-refractivity contribution in [3.8, 4) is 0 Å². The Morgan fingerprint density at radius 1 is 1.26 bits per heavy atom. The number of rotatable bonds is 5. The predicted octanol–water partition coefficient (Wildman–Crippen LogP) is -0.827. The maximum absolute atomic E-state index is 10.9. The molecule has 0 atom stereocenters. The minimum atomic E-state index is -5.08. The number of amides is 2. The molecule has 4 N–H and O–H groups in total. The molecule has 7 nitrogen and oxygen atoms in total. The number of primary amides is 1. The molecule has 0 bridgehead atoms. The second-order valence-electron chi connectivity index (χ2n) is 3.61. The van der Waals surface area contributed by atoms with E-state index in [9.17, 15) is 22.8 Å². The molecule has 0 rings (SSSR count). The summed E-state index contributed by atoms with van der Waals surface area (Å²) in [7, 11) is 3.60. The fourth-order valence-corrected chi connectivity index (χ4v) is 0.668. The summed E-state index contributed by atoms with van der Waals surface area (Å²) < 4.78 is 31.7. The fourth-order valence-electron chi connectivity index (χ4n) is 0.668. The van der Waals surface area contributed by atoms with E-state index in [-0.39, 0.29) is 12.3 Å². The third-order valence-electron chi connectivity index (χ3n) is 1.40. The molecule has 2 amide bonds. The Morgan fingerprint density at radius 3 is 1.95 bits per heavy atom. The van der Waals surface area contributed by atoms with Crippen molar-refractivity contribution in [2.75, 3.05) is 27.2 Å². The van der Waals surface area contributed by atoms with E-state index in [1.54, 1.807) is 19.0 Å². The van der Waals surface area contributed by atoms with Gasteiger partial charge < -0.3 is 21.1 Å². The first-order valence-corrected chi connectivity index (χ1v) is 4.96. The summed E-state index contributed by atoms with van der Waals surface area (Å²) in [6.45, 7) is 0.654. The first kappa shape index (κ1) is 19.5. The Morgan fingerprint density at radius 2 is 1.68 bits per heavy atom. The third kappa shape index (κ3) is 16.2. The molecule has 0 aromatic carbocycles. The van der Waals surface area contributed by atoms with Crippen LogP contribution in [0.2, 0.25) is 0 Å². The highest BCUT2D eigenvalue weighted by molar-refractivity contribution is 5.79. The van der Waals surface area contributed by atoms with Gasteiger partial charge in [-0.25, -0.2) is 4.79 Å². The summed E-state index contributed by atoms with van der Waals surface area (Å²) in [6.07, 6.45) is -4.89. The van der Waals surface area contributed by atoms with Crippen molar-refractivity contribution < 1.29 is 32.7 Å². The van der Waals surface area contributed by atoms with Crippen LogP contribution in [0.4, 0.5) is 13.2 Å². The van der Waals surface area contributed by atoms with E-state index >= 15 is 0 Å². The maximum Gasteiger partial charge on any atom is 0.490 e. The molecule has 0 aromatic heterocycles. The highest BCUT2D eigenvalue weighted by Crippen LogP contribution is 2.13. The molecule has 10 heteroatoms. The minimum Gasteiger partial charge on any atom is -0.475 e.